The van der Waals surface area contributed by atoms with Gasteiger partial charge in [-0.1, -0.05) is 30.7 Å². The van der Waals surface area contributed by atoms with Crippen molar-refractivity contribution in [1.29, 1.82) is 0 Å². The standard InChI is InChI=1S/C9H17NO/c1-3-4-5-6-7-8-9-10-11-2/h5-6,9H,3-4,7-8H2,1-2H3. The number of hydrogen-bond acceptors (Lipinski definition) is 2. The van der Waals surface area contributed by atoms with E-state index in [1.807, 2.05) is 0 Å². The maximum atomic E-state index is 4.51. The van der Waals surface area contributed by atoms with Crippen LogP contribution in [0, 0.1) is 0 Å². The summed E-state index contributed by atoms with van der Waals surface area (Å²) < 4.78 is 0. The van der Waals surface area contributed by atoms with Crippen molar-refractivity contribution in [2.45, 2.75) is 32.6 Å². The molecule has 11 heavy (non-hydrogen) atoms. The molecule has 0 unspecified atom stereocenters. The summed E-state index contributed by atoms with van der Waals surface area (Å²) in [7, 11) is 1.56. The minimum atomic E-state index is 0.966. The third-order valence-electron chi connectivity index (χ3n) is 1.26. The van der Waals surface area contributed by atoms with Gasteiger partial charge in [0.25, 0.3) is 0 Å². The summed E-state index contributed by atoms with van der Waals surface area (Å²) in [5.74, 6) is 0. The van der Waals surface area contributed by atoms with Crippen LogP contribution in [0.15, 0.2) is 17.3 Å². The molecule has 0 aromatic carbocycles. The van der Waals surface area contributed by atoms with Crippen molar-refractivity contribution in [2.24, 2.45) is 5.16 Å². The molecule has 0 saturated heterocycles. The smallest absolute Gasteiger partial charge is 0.106 e. The molecule has 0 aliphatic rings. The van der Waals surface area contributed by atoms with Gasteiger partial charge in [-0.25, -0.2) is 0 Å². The van der Waals surface area contributed by atoms with Gasteiger partial charge in [-0.05, 0) is 19.3 Å². The minimum Gasteiger partial charge on any atom is -0.399 e. The number of allylic oxidation sites excluding steroid dienone is 2. The van der Waals surface area contributed by atoms with E-state index in [1.165, 1.54) is 12.8 Å². The largest absolute Gasteiger partial charge is 0.399 e. The Bertz CT molecular complexity index is 119. The molecule has 0 aliphatic carbocycles. The van der Waals surface area contributed by atoms with Crippen LogP contribution >= 0.6 is 0 Å². The van der Waals surface area contributed by atoms with Crippen LogP contribution in [-0.4, -0.2) is 13.3 Å². The summed E-state index contributed by atoms with van der Waals surface area (Å²) in [5, 5.41) is 3.63. The first-order chi connectivity index (χ1) is 5.41. The molecule has 0 N–H and O–H groups in total. The Morgan fingerprint density at radius 1 is 1.18 bits per heavy atom. The number of rotatable bonds is 6. The number of nitrogens with zero attached hydrogens (tertiary/aromatic N) is 1. The van der Waals surface area contributed by atoms with Gasteiger partial charge < -0.3 is 4.84 Å². The zero-order valence-electron chi connectivity index (χ0n) is 7.42. The Hall–Kier alpha value is -0.790. The van der Waals surface area contributed by atoms with E-state index in [0.29, 0.717) is 0 Å². The lowest BCUT2D eigenvalue weighted by Crippen LogP contribution is -1.75. The van der Waals surface area contributed by atoms with Crippen LogP contribution in [0.4, 0.5) is 0 Å². The molecular formula is C9H17NO. The zero-order chi connectivity index (χ0) is 8.36. The van der Waals surface area contributed by atoms with E-state index < -0.39 is 0 Å². The van der Waals surface area contributed by atoms with Crippen LogP contribution in [-0.2, 0) is 4.84 Å². The summed E-state index contributed by atoms with van der Waals surface area (Å²) in [6.45, 7) is 2.18. The fraction of sp³-hybridized carbons (Fsp3) is 0.667. The lowest BCUT2D eigenvalue weighted by molar-refractivity contribution is 0.214. The first kappa shape index (κ1) is 10.2. The Morgan fingerprint density at radius 2 is 1.91 bits per heavy atom. The third kappa shape index (κ3) is 9.21. The van der Waals surface area contributed by atoms with Gasteiger partial charge in [0, 0.05) is 6.21 Å². The van der Waals surface area contributed by atoms with Gasteiger partial charge in [-0.3, -0.25) is 0 Å². The van der Waals surface area contributed by atoms with Gasteiger partial charge in [0.15, 0.2) is 0 Å². The van der Waals surface area contributed by atoms with Crippen molar-refractivity contribution in [1.82, 2.24) is 0 Å². The molecule has 0 atom stereocenters. The number of unbranched alkanes of at least 4 members (excludes halogenated alkanes) is 2. The Balaban J connectivity index is 3.06. The molecule has 0 aliphatic heterocycles. The fourth-order valence-corrected chi connectivity index (χ4v) is 0.700. The summed E-state index contributed by atoms with van der Waals surface area (Å²) >= 11 is 0. The number of hydrogen-bond donors (Lipinski definition) is 0. The van der Waals surface area contributed by atoms with Gasteiger partial charge in [-0.15, -0.1) is 0 Å². The highest BCUT2D eigenvalue weighted by molar-refractivity contribution is 5.56. The topological polar surface area (TPSA) is 21.6 Å². The van der Waals surface area contributed by atoms with Crippen molar-refractivity contribution in [3.8, 4) is 0 Å². The van der Waals surface area contributed by atoms with Gasteiger partial charge in [0.1, 0.15) is 7.11 Å². The van der Waals surface area contributed by atoms with Gasteiger partial charge >= 0.3 is 0 Å². The van der Waals surface area contributed by atoms with E-state index in [4.69, 9.17) is 0 Å². The Labute approximate surface area is 68.9 Å². The molecule has 0 saturated carbocycles. The minimum absolute atomic E-state index is 0.966. The molecule has 2 nitrogen and oxygen atoms in total. The highest BCUT2D eigenvalue weighted by Crippen LogP contribution is 1.93. The highest BCUT2D eigenvalue weighted by Gasteiger charge is 1.77. The second-order valence-corrected chi connectivity index (χ2v) is 2.31. The number of oxime groups is 1. The van der Waals surface area contributed by atoms with Crippen LogP contribution in [0.3, 0.4) is 0 Å². The fourth-order valence-electron chi connectivity index (χ4n) is 0.700. The lowest BCUT2D eigenvalue weighted by atomic mass is 10.2. The van der Waals surface area contributed by atoms with Gasteiger partial charge in [0.2, 0.25) is 0 Å². The van der Waals surface area contributed by atoms with Crippen molar-refractivity contribution in [3.05, 3.63) is 12.2 Å². The summed E-state index contributed by atoms with van der Waals surface area (Å²) in [4.78, 5) is 4.51. The second kappa shape index (κ2) is 9.21. The van der Waals surface area contributed by atoms with Crippen molar-refractivity contribution < 1.29 is 4.84 Å². The molecule has 0 aromatic rings. The Morgan fingerprint density at radius 3 is 2.55 bits per heavy atom. The first-order valence-electron chi connectivity index (χ1n) is 4.11. The zero-order valence-corrected chi connectivity index (χ0v) is 7.42. The maximum Gasteiger partial charge on any atom is 0.106 e. The summed E-state index contributed by atoms with van der Waals surface area (Å²) in [6, 6.07) is 0. The van der Waals surface area contributed by atoms with Gasteiger partial charge in [-0.2, -0.15) is 0 Å². The molecule has 2 heteroatoms. The van der Waals surface area contributed by atoms with E-state index in [2.05, 4.69) is 29.1 Å². The van der Waals surface area contributed by atoms with E-state index in [9.17, 15) is 0 Å². The predicted octanol–water partition coefficient (Wildman–Crippen LogP) is 2.76. The van der Waals surface area contributed by atoms with E-state index in [0.717, 1.165) is 12.8 Å². The summed E-state index contributed by atoms with van der Waals surface area (Å²) in [5.41, 5.74) is 0. The molecule has 0 bridgehead atoms. The average molecular weight is 155 g/mol. The molecular weight excluding hydrogens is 138 g/mol. The molecule has 0 aromatic heterocycles. The average Bonchev–Trinajstić information content (AvgIpc) is 2.03. The van der Waals surface area contributed by atoms with Crippen LogP contribution in [0.2, 0.25) is 0 Å². The van der Waals surface area contributed by atoms with Crippen molar-refractivity contribution in [3.63, 3.8) is 0 Å². The van der Waals surface area contributed by atoms with Crippen molar-refractivity contribution in [2.75, 3.05) is 7.11 Å². The summed E-state index contributed by atoms with van der Waals surface area (Å²) in [6.07, 6.45) is 10.6. The predicted molar refractivity (Wildman–Crippen MR) is 48.8 cm³/mol. The van der Waals surface area contributed by atoms with E-state index in [-0.39, 0.29) is 0 Å². The first-order valence-corrected chi connectivity index (χ1v) is 4.11. The molecule has 0 radical (unpaired) electrons. The van der Waals surface area contributed by atoms with Crippen molar-refractivity contribution >= 4 is 6.21 Å². The monoisotopic (exact) mass is 155 g/mol. The third-order valence-corrected chi connectivity index (χ3v) is 1.26. The quantitative estimate of drug-likeness (QED) is 0.250. The van der Waals surface area contributed by atoms with E-state index in [1.54, 1.807) is 13.3 Å². The second-order valence-electron chi connectivity index (χ2n) is 2.31. The highest BCUT2D eigenvalue weighted by atomic mass is 16.6. The van der Waals surface area contributed by atoms with Gasteiger partial charge in [0.05, 0.1) is 0 Å². The molecule has 64 valence electrons. The van der Waals surface area contributed by atoms with Crippen LogP contribution < -0.4 is 0 Å². The molecule has 0 spiro atoms. The molecule has 0 amide bonds. The van der Waals surface area contributed by atoms with Crippen LogP contribution in [0.1, 0.15) is 32.6 Å². The normalized spacial score (nSPS) is 11.5. The van der Waals surface area contributed by atoms with E-state index >= 15 is 0 Å². The van der Waals surface area contributed by atoms with Crippen LogP contribution in [0.25, 0.3) is 0 Å². The lowest BCUT2D eigenvalue weighted by Gasteiger charge is -1.86. The molecule has 0 heterocycles. The SMILES string of the molecule is CCCC=CCCC=NOC. The van der Waals surface area contributed by atoms with Crippen LogP contribution in [0.5, 0.6) is 0 Å². The Kier molecular flexibility index (Phi) is 8.55. The molecule has 0 fully saturated rings. The molecule has 0 rings (SSSR count). The maximum absolute atomic E-state index is 4.51.